The van der Waals surface area contributed by atoms with E-state index in [0.717, 1.165) is 22.3 Å². The number of rotatable bonds is 1. The van der Waals surface area contributed by atoms with Crippen molar-refractivity contribution in [2.45, 2.75) is 0 Å². The van der Waals surface area contributed by atoms with Crippen molar-refractivity contribution in [2.24, 2.45) is 0 Å². The number of fused-ring (bicyclic) bond motifs is 1. The van der Waals surface area contributed by atoms with Crippen molar-refractivity contribution >= 4 is 22.5 Å². The number of pyridine rings is 1. The molecule has 77 valence electrons. The average molecular weight is 228 g/mol. The fraction of sp³-hybridized carbons (Fsp3) is 0. The lowest BCUT2D eigenvalue weighted by Crippen LogP contribution is -1.81. The third-order valence-corrected chi connectivity index (χ3v) is 2.69. The largest absolute Gasteiger partial charge is 0.353 e. The third-order valence-electron chi connectivity index (χ3n) is 2.47. The zero-order valence-electron chi connectivity index (χ0n) is 8.37. The molecule has 0 amide bonds. The van der Waals surface area contributed by atoms with Crippen LogP contribution in [0.1, 0.15) is 0 Å². The van der Waals surface area contributed by atoms with Crippen LogP contribution in [0.4, 0.5) is 0 Å². The Hall–Kier alpha value is -1.80. The number of benzene rings is 1. The van der Waals surface area contributed by atoms with Gasteiger partial charge in [0, 0.05) is 17.1 Å². The summed E-state index contributed by atoms with van der Waals surface area (Å²) >= 11 is 5.80. The van der Waals surface area contributed by atoms with Gasteiger partial charge in [0.25, 0.3) is 0 Å². The molecule has 2 heterocycles. The summed E-state index contributed by atoms with van der Waals surface area (Å²) in [5.74, 6) is 0. The van der Waals surface area contributed by atoms with E-state index in [4.69, 9.17) is 11.6 Å². The Bertz CT molecular complexity index is 593. The molecule has 0 unspecified atom stereocenters. The molecule has 1 N–H and O–H groups in total. The molecular weight excluding hydrogens is 220 g/mol. The van der Waals surface area contributed by atoms with Crippen LogP contribution in [0.15, 0.2) is 42.6 Å². The first-order valence-electron chi connectivity index (χ1n) is 4.94. The van der Waals surface area contributed by atoms with Crippen molar-refractivity contribution < 1.29 is 0 Å². The molecule has 0 saturated carbocycles. The topological polar surface area (TPSA) is 28.7 Å². The minimum Gasteiger partial charge on any atom is -0.353 e. The molecule has 16 heavy (non-hydrogen) atoms. The maximum atomic E-state index is 5.80. The summed E-state index contributed by atoms with van der Waals surface area (Å²) in [5.41, 5.74) is 2.97. The van der Waals surface area contributed by atoms with Gasteiger partial charge in [-0.2, -0.15) is 0 Å². The molecule has 0 fully saturated rings. The van der Waals surface area contributed by atoms with Gasteiger partial charge in [-0.1, -0.05) is 17.7 Å². The number of nitrogens with one attached hydrogen (secondary N) is 1. The summed E-state index contributed by atoms with van der Waals surface area (Å²) in [6, 6.07) is 14.7. The molecule has 0 bridgehead atoms. The number of aromatic amines is 1. The summed E-state index contributed by atoms with van der Waals surface area (Å²) < 4.78 is 0. The summed E-state index contributed by atoms with van der Waals surface area (Å²) in [7, 11) is 0. The lowest BCUT2D eigenvalue weighted by Gasteiger charge is -1.95. The van der Waals surface area contributed by atoms with Gasteiger partial charge < -0.3 is 4.98 Å². The van der Waals surface area contributed by atoms with Crippen LogP contribution < -0.4 is 0 Å². The fourth-order valence-corrected chi connectivity index (χ4v) is 1.80. The molecule has 0 spiro atoms. The van der Waals surface area contributed by atoms with Gasteiger partial charge in [0.15, 0.2) is 0 Å². The van der Waals surface area contributed by atoms with Gasteiger partial charge in [0.1, 0.15) is 0 Å². The average Bonchev–Trinajstić information content (AvgIpc) is 2.73. The van der Waals surface area contributed by atoms with Crippen LogP contribution in [0.3, 0.4) is 0 Å². The van der Waals surface area contributed by atoms with Gasteiger partial charge in [-0.05, 0) is 36.4 Å². The molecule has 3 heteroatoms. The maximum absolute atomic E-state index is 5.80. The predicted octanol–water partition coefficient (Wildman–Crippen LogP) is 3.68. The SMILES string of the molecule is Clc1ccc(-c2cc3c[c]ccc3[nH]2)nc1. The normalized spacial score (nSPS) is 10.8. The molecular formula is C13H8ClN2. The Morgan fingerprint density at radius 1 is 1.25 bits per heavy atom. The second kappa shape index (κ2) is 3.65. The van der Waals surface area contributed by atoms with Crippen LogP contribution in [-0.2, 0) is 0 Å². The van der Waals surface area contributed by atoms with Gasteiger partial charge in [-0.15, -0.1) is 0 Å². The van der Waals surface area contributed by atoms with E-state index < -0.39 is 0 Å². The minimum atomic E-state index is 0.646. The third kappa shape index (κ3) is 1.57. The number of nitrogens with zero attached hydrogens (tertiary/aromatic N) is 1. The van der Waals surface area contributed by atoms with E-state index >= 15 is 0 Å². The predicted molar refractivity (Wildman–Crippen MR) is 65.4 cm³/mol. The Morgan fingerprint density at radius 3 is 2.94 bits per heavy atom. The van der Waals surface area contributed by atoms with E-state index in [0.29, 0.717) is 5.02 Å². The van der Waals surface area contributed by atoms with E-state index in [-0.39, 0.29) is 0 Å². The highest BCUT2D eigenvalue weighted by molar-refractivity contribution is 6.30. The molecule has 0 atom stereocenters. The second-order valence-electron chi connectivity index (χ2n) is 3.56. The number of hydrogen-bond donors (Lipinski definition) is 1. The Balaban J connectivity index is 2.15. The van der Waals surface area contributed by atoms with E-state index in [2.05, 4.69) is 22.1 Å². The van der Waals surface area contributed by atoms with E-state index in [1.807, 2.05) is 30.3 Å². The summed E-state index contributed by atoms with van der Waals surface area (Å²) in [5, 5.41) is 1.78. The number of aromatic nitrogens is 2. The van der Waals surface area contributed by atoms with E-state index in [9.17, 15) is 0 Å². The summed E-state index contributed by atoms with van der Waals surface area (Å²) in [6.07, 6.45) is 1.65. The Morgan fingerprint density at radius 2 is 2.19 bits per heavy atom. The fourth-order valence-electron chi connectivity index (χ4n) is 1.69. The van der Waals surface area contributed by atoms with E-state index in [1.165, 1.54) is 0 Å². The molecule has 0 saturated heterocycles. The van der Waals surface area contributed by atoms with Gasteiger partial charge in [-0.3, -0.25) is 4.98 Å². The molecule has 3 rings (SSSR count). The van der Waals surface area contributed by atoms with Crippen LogP contribution in [0, 0.1) is 6.07 Å². The van der Waals surface area contributed by atoms with Crippen LogP contribution >= 0.6 is 11.6 Å². The summed E-state index contributed by atoms with van der Waals surface area (Å²) in [4.78, 5) is 7.58. The monoisotopic (exact) mass is 227 g/mol. The molecule has 0 aliphatic heterocycles. The smallest absolute Gasteiger partial charge is 0.0865 e. The lowest BCUT2D eigenvalue weighted by molar-refractivity contribution is 1.29. The molecule has 1 aromatic carbocycles. The van der Waals surface area contributed by atoms with Gasteiger partial charge >= 0.3 is 0 Å². The molecule has 3 aromatic rings. The van der Waals surface area contributed by atoms with Crippen LogP contribution in [0.2, 0.25) is 5.02 Å². The van der Waals surface area contributed by atoms with E-state index in [1.54, 1.807) is 6.20 Å². The Labute approximate surface area is 97.9 Å². The zero-order chi connectivity index (χ0) is 11.0. The number of hydrogen-bond acceptors (Lipinski definition) is 1. The maximum Gasteiger partial charge on any atom is 0.0865 e. The van der Waals surface area contributed by atoms with Gasteiger partial charge in [-0.25, -0.2) is 0 Å². The number of H-pyrrole nitrogens is 1. The van der Waals surface area contributed by atoms with Crippen molar-refractivity contribution in [1.82, 2.24) is 9.97 Å². The molecule has 2 aromatic heterocycles. The van der Waals surface area contributed by atoms with Crippen molar-refractivity contribution in [3.05, 3.63) is 53.7 Å². The van der Waals surface area contributed by atoms with Crippen molar-refractivity contribution in [1.29, 1.82) is 0 Å². The molecule has 0 aliphatic carbocycles. The minimum absolute atomic E-state index is 0.646. The van der Waals surface area contributed by atoms with Crippen LogP contribution in [0.25, 0.3) is 22.3 Å². The zero-order valence-corrected chi connectivity index (χ0v) is 9.12. The first-order chi connectivity index (χ1) is 7.83. The van der Waals surface area contributed by atoms with Crippen molar-refractivity contribution in [3.63, 3.8) is 0 Å². The molecule has 2 nitrogen and oxygen atoms in total. The number of halogens is 1. The Kier molecular flexibility index (Phi) is 2.15. The molecule has 0 aliphatic rings. The lowest BCUT2D eigenvalue weighted by atomic mass is 10.2. The van der Waals surface area contributed by atoms with Gasteiger partial charge in [0.2, 0.25) is 0 Å². The quantitative estimate of drug-likeness (QED) is 0.675. The first kappa shape index (κ1) is 9.43. The first-order valence-corrected chi connectivity index (χ1v) is 5.31. The standard InChI is InChI=1S/C13H8ClN2/c14-10-5-6-12(15-8-10)13-7-9-3-1-2-4-11(9)16-13/h2-8,16H. The molecule has 1 radical (unpaired) electrons. The van der Waals surface area contributed by atoms with Crippen molar-refractivity contribution in [3.8, 4) is 11.4 Å². The van der Waals surface area contributed by atoms with Gasteiger partial charge in [0.05, 0.1) is 16.4 Å². The summed E-state index contributed by atoms with van der Waals surface area (Å²) in [6.45, 7) is 0. The van der Waals surface area contributed by atoms with Crippen LogP contribution in [0.5, 0.6) is 0 Å². The highest BCUT2D eigenvalue weighted by Crippen LogP contribution is 2.22. The highest BCUT2D eigenvalue weighted by atomic mass is 35.5. The van der Waals surface area contributed by atoms with Crippen LogP contribution in [-0.4, -0.2) is 9.97 Å². The second-order valence-corrected chi connectivity index (χ2v) is 3.99. The highest BCUT2D eigenvalue weighted by Gasteiger charge is 2.03. The van der Waals surface area contributed by atoms with Crippen molar-refractivity contribution in [2.75, 3.05) is 0 Å².